The van der Waals surface area contributed by atoms with Crippen LogP contribution in [0.2, 0.25) is 0 Å². The Labute approximate surface area is 118 Å². The summed E-state index contributed by atoms with van der Waals surface area (Å²) in [5, 5.41) is 0. The lowest BCUT2D eigenvalue weighted by molar-refractivity contribution is 0.486. The van der Waals surface area contributed by atoms with Gasteiger partial charge >= 0.3 is 0 Å². The lowest BCUT2D eigenvalue weighted by Gasteiger charge is -2.15. The minimum atomic E-state index is -3.61. The summed E-state index contributed by atoms with van der Waals surface area (Å²) in [4.78, 5) is 0.901. The third-order valence-corrected chi connectivity index (χ3v) is 6.86. The van der Waals surface area contributed by atoms with Crippen molar-refractivity contribution < 1.29 is 16.8 Å². The van der Waals surface area contributed by atoms with Crippen molar-refractivity contribution >= 4 is 31.2 Å². The van der Waals surface area contributed by atoms with Crippen LogP contribution in [0.15, 0.2) is 16.3 Å². The SMILES string of the molecule is CN(CCS(C)(=O)=O)S(=O)(=O)c1ccc(CCN)s1. The number of hydrogen-bond acceptors (Lipinski definition) is 6. The van der Waals surface area contributed by atoms with Gasteiger partial charge in [0.05, 0.1) is 5.75 Å². The van der Waals surface area contributed by atoms with Gasteiger partial charge in [0, 0.05) is 24.7 Å². The van der Waals surface area contributed by atoms with E-state index in [1.165, 1.54) is 24.5 Å². The van der Waals surface area contributed by atoms with E-state index in [4.69, 9.17) is 5.73 Å². The maximum absolute atomic E-state index is 12.2. The molecule has 110 valence electrons. The molecule has 0 aromatic carbocycles. The summed E-state index contributed by atoms with van der Waals surface area (Å²) >= 11 is 1.17. The molecule has 1 rings (SSSR count). The summed E-state index contributed by atoms with van der Waals surface area (Å²) in [5.74, 6) is -0.191. The van der Waals surface area contributed by atoms with Gasteiger partial charge in [-0.1, -0.05) is 0 Å². The van der Waals surface area contributed by atoms with Crippen LogP contribution in [0, 0.1) is 0 Å². The molecule has 0 aliphatic carbocycles. The van der Waals surface area contributed by atoms with Gasteiger partial charge in [0.25, 0.3) is 10.0 Å². The zero-order valence-corrected chi connectivity index (χ0v) is 13.3. The fourth-order valence-corrected chi connectivity index (χ4v) is 4.82. The summed E-state index contributed by atoms with van der Waals surface area (Å²) in [7, 11) is -5.42. The largest absolute Gasteiger partial charge is 0.330 e. The van der Waals surface area contributed by atoms with Crippen LogP contribution in [0.1, 0.15) is 4.88 Å². The van der Waals surface area contributed by atoms with Gasteiger partial charge < -0.3 is 5.73 Å². The van der Waals surface area contributed by atoms with Crippen LogP contribution in [0.3, 0.4) is 0 Å². The zero-order chi connectivity index (χ0) is 14.7. The second kappa shape index (κ2) is 6.31. The summed E-state index contributed by atoms with van der Waals surface area (Å²) in [5.41, 5.74) is 5.41. The van der Waals surface area contributed by atoms with Crippen LogP contribution in [0.25, 0.3) is 0 Å². The van der Waals surface area contributed by atoms with E-state index < -0.39 is 19.9 Å². The highest BCUT2D eigenvalue weighted by atomic mass is 32.2. The molecule has 0 aliphatic heterocycles. The summed E-state index contributed by atoms with van der Waals surface area (Å²) in [6.45, 7) is 0.412. The second-order valence-corrected chi connectivity index (χ2v) is 9.92. The average molecular weight is 326 g/mol. The summed E-state index contributed by atoms with van der Waals surface area (Å²) in [6, 6.07) is 3.26. The molecule has 9 heteroatoms. The molecule has 1 heterocycles. The fourth-order valence-electron chi connectivity index (χ4n) is 1.34. The maximum atomic E-state index is 12.2. The molecular weight excluding hydrogens is 308 g/mol. The molecule has 0 amide bonds. The normalized spacial score (nSPS) is 13.1. The smallest absolute Gasteiger partial charge is 0.252 e. The third-order valence-electron chi connectivity index (χ3n) is 2.47. The molecule has 0 aliphatic rings. The van der Waals surface area contributed by atoms with E-state index >= 15 is 0 Å². The third kappa shape index (κ3) is 4.84. The van der Waals surface area contributed by atoms with Gasteiger partial charge in [-0.2, -0.15) is 4.31 Å². The van der Waals surface area contributed by atoms with Gasteiger partial charge in [0.15, 0.2) is 0 Å². The first-order chi connectivity index (χ1) is 8.66. The Kier molecular flexibility index (Phi) is 5.51. The van der Waals surface area contributed by atoms with Crippen LogP contribution in [-0.4, -0.2) is 53.3 Å². The van der Waals surface area contributed by atoms with Gasteiger partial charge in [0.1, 0.15) is 14.0 Å². The Morgan fingerprint density at radius 3 is 2.42 bits per heavy atom. The van der Waals surface area contributed by atoms with E-state index in [1.54, 1.807) is 6.07 Å². The highest BCUT2D eigenvalue weighted by molar-refractivity contribution is 7.91. The standard InChI is InChI=1S/C10H18N2O4S3/c1-12(7-8-18(2,13)14)19(15,16)10-4-3-9(17-10)5-6-11/h3-4H,5-8,11H2,1-2H3. The van der Waals surface area contributed by atoms with Crippen LogP contribution >= 0.6 is 11.3 Å². The van der Waals surface area contributed by atoms with E-state index in [0.29, 0.717) is 13.0 Å². The van der Waals surface area contributed by atoms with Crippen LogP contribution < -0.4 is 5.73 Å². The molecule has 1 aromatic rings. The van der Waals surface area contributed by atoms with Crippen molar-refractivity contribution in [1.29, 1.82) is 0 Å². The number of sulfonamides is 1. The monoisotopic (exact) mass is 326 g/mol. The maximum Gasteiger partial charge on any atom is 0.252 e. The van der Waals surface area contributed by atoms with Crippen molar-refractivity contribution in [2.24, 2.45) is 5.73 Å². The molecule has 2 N–H and O–H groups in total. The number of thiophene rings is 1. The van der Waals surface area contributed by atoms with E-state index in [9.17, 15) is 16.8 Å². The average Bonchev–Trinajstić information content (AvgIpc) is 2.74. The molecule has 0 saturated carbocycles. The Morgan fingerprint density at radius 2 is 1.89 bits per heavy atom. The molecule has 0 saturated heterocycles. The van der Waals surface area contributed by atoms with Gasteiger partial charge in [0.2, 0.25) is 0 Å². The van der Waals surface area contributed by atoms with Gasteiger partial charge in [-0.15, -0.1) is 11.3 Å². The molecular formula is C10H18N2O4S3. The fraction of sp³-hybridized carbons (Fsp3) is 0.600. The van der Waals surface area contributed by atoms with E-state index in [-0.39, 0.29) is 16.5 Å². The number of rotatable bonds is 7. The van der Waals surface area contributed by atoms with Gasteiger partial charge in [-0.3, -0.25) is 0 Å². The zero-order valence-electron chi connectivity index (χ0n) is 10.9. The van der Waals surface area contributed by atoms with Crippen molar-refractivity contribution in [3.63, 3.8) is 0 Å². The summed E-state index contributed by atoms with van der Waals surface area (Å²) in [6.07, 6.45) is 1.71. The van der Waals surface area contributed by atoms with E-state index in [0.717, 1.165) is 15.4 Å². The number of nitrogens with zero attached hydrogens (tertiary/aromatic N) is 1. The van der Waals surface area contributed by atoms with Crippen molar-refractivity contribution in [3.8, 4) is 0 Å². The molecule has 0 unspecified atom stereocenters. The van der Waals surface area contributed by atoms with Crippen molar-refractivity contribution in [1.82, 2.24) is 4.31 Å². The van der Waals surface area contributed by atoms with Crippen LogP contribution in [0.4, 0.5) is 0 Å². The Hall–Kier alpha value is -0.480. The minimum Gasteiger partial charge on any atom is -0.330 e. The molecule has 1 aromatic heterocycles. The van der Waals surface area contributed by atoms with Crippen molar-refractivity contribution in [3.05, 3.63) is 17.0 Å². The molecule has 0 spiro atoms. The Balaban J connectivity index is 2.84. The van der Waals surface area contributed by atoms with Gasteiger partial charge in [-0.25, -0.2) is 16.8 Å². The van der Waals surface area contributed by atoms with Crippen LogP contribution in [0.5, 0.6) is 0 Å². The number of sulfone groups is 1. The first-order valence-electron chi connectivity index (χ1n) is 5.59. The van der Waals surface area contributed by atoms with Gasteiger partial charge in [-0.05, 0) is 25.1 Å². The molecule has 6 nitrogen and oxygen atoms in total. The molecule has 0 bridgehead atoms. The van der Waals surface area contributed by atoms with Crippen molar-refractivity contribution in [2.75, 3.05) is 32.1 Å². The minimum absolute atomic E-state index is 0.0503. The second-order valence-electron chi connectivity index (χ2n) is 4.22. The molecule has 0 atom stereocenters. The Bertz CT molecular complexity index is 619. The van der Waals surface area contributed by atoms with E-state index in [2.05, 4.69) is 0 Å². The first-order valence-corrected chi connectivity index (χ1v) is 9.91. The topological polar surface area (TPSA) is 97.5 Å². The predicted molar refractivity (Wildman–Crippen MR) is 76.6 cm³/mol. The highest BCUT2D eigenvalue weighted by Crippen LogP contribution is 2.24. The lowest BCUT2D eigenvalue weighted by atomic mass is 10.3. The molecule has 19 heavy (non-hydrogen) atoms. The number of nitrogens with two attached hydrogens (primary N) is 1. The molecule has 0 fully saturated rings. The van der Waals surface area contributed by atoms with Crippen molar-refractivity contribution in [2.45, 2.75) is 10.6 Å². The highest BCUT2D eigenvalue weighted by Gasteiger charge is 2.23. The predicted octanol–water partition coefficient (Wildman–Crippen LogP) is -0.0856. The quantitative estimate of drug-likeness (QED) is 0.755. The first kappa shape index (κ1) is 16.6. The van der Waals surface area contributed by atoms with Crippen LogP contribution in [-0.2, 0) is 26.3 Å². The number of hydrogen-bond donors (Lipinski definition) is 1. The Morgan fingerprint density at radius 1 is 1.26 bits per heavy atom. The molecule has 0 radical (unpaired) electrons. The lowest BCUT2D eigenvalue weighted by Crippen LogP contribution is -2.31. The summed E-state index contributed by atoms with van der Waals surface area (Å²) < 4.78 is 47.7. The van der Waals surface area contributed by atoms with E-state index in [1.807, 2.05) is 0 Å².